The lowest BCUT2D eigenvalue weighted by Gasteiger charge is -2.17. The van der Waals surface area contributed by atoms with E-state index in [-0.39, 0.29) is 22.0 Å². The minimum Gasteiger partial charge on any atom is -0.397 e. The van der Waals surface area contributed by atoms with Gasteiger partial charge in [0, 0.05) is 10.4 Å². The Hall–Kier alpha value is -1.23. The van der Waals surface area contributed by atoms with E-state index in [9.17, 15) is 4.79 Å². The molecule has 0 aliphatic carbocycles. The molecule has 0 saturated carbocycles. The van der Waals surface area contributed by atoms with E-state index in [0.29, 0.717) is 11.3 Å². The van der Waals surface area contributed by atoms with Crippen molar-refractivity contribution >= 4 is 46.1 Å². The van der Waals surface area contributed by atoms with Gasteiger partial charge in [-0.15, -0.1) is 11.3 Å². The molecular weight excluding hydrogens is 327 g/mol. The summed E-state index contributed by atoms with van der Waals surface area (Å²) in [4.78, 5) is 13.5. The zero-order chi connectivity index (χ0) is 15.4. The van der Waals surface area contributed by atoms with Gasteiger partial charge < -0.3 is 11.1 Å². The summed E-state index contributed by atoms with van der Waals surface area (Å²) in [7, 11) is 0. The van der Waals surface area contributed by atoms with E-state index >= 15 is 0 Å². The second-order valence-corrected chi connectivity index (χ2v) is 6.46. The minimum atomic E-state index is -0.202. The molecule has 21 heavy (non-hydrogen) atoms. The predicted molar refractivity (Wildman–Crippen MR) is 90.3 cm³/mol. The molecule has 0 aliphatic rings. The van der Waals surface area contributed by atoms with Crippen molar-refractivity contribution in [2.75, 3.05) is 5.73 Å². The van der Waals surface area contributed by atoms with Gasteiger partial charge in [-0.25, -0.2) is 0 Å². The van der Waals surface area contributed by atoms with Gasteiger partial charge >= 0.3 is 0 Å². The van der Waals surface area contributed by atoms with E-state index in [4.69, 9.17) is 28.9 Å². The van der Waals surface area contributed by atoms with Crippen molar-refractivity contribution in [2.24, 2.45) is 0 Å². The fraction of sp³-hybridized carbons (Fsp3) is 0.267. The minimum absolute atomic E-state index is 0.00169. The monoisotopic (exact) mass is 342 g/mol. The fourth-order valence-electron chi connectivity index (χ4n) is 2.05. The Morgan fingerprint density at radius 3 is 2.76 bits per heavy atom. The number of benzene rings is 1. The number of nitrogen functional groups attached to an aromatic ring is 1. The van der Waals surface area contributed by atoms with Crippen LogP contribution in [0.15, 0.2) is 29.6 Å². The summed E-state index contributed by atoms with van der Waals surface area (Å²) in [5, 5.41) is 5.58. The molecule has 2 rings (SSSR count). The Bertz CT molecular complexity index is 606. The summed E-state index contributed by atoms with van der Waals surface area (Å²) in [6.45, 7) is 2.09. The number of hydrogen-bond acceptors (Lipinski definition) is 3. The molecule has 3 N–H and O–H groups in total. The highest BCUT2D eigenvalue weighted by Crippen LogP contribution is 2.30. The number of amides is 1. The number of nitrogens with two attached hydrogens (primary N) is 1. The van der Waals surface area contributed by atoms with E-state index in [1.54, 1.807) is 17.4 Å². The molecule has 0 aliphatic heterocycles. The Morgan fingerprint density at radius 1 is 1.43 bits per heavy atom. The first-order valence-electron chi connectivity index (χ1n) is 6.61. The molecule has 1 aromatic heterocycles. The van der Waals surface area contributed by atoms with Crippen LogP contribution in [0.4, 0.5) is 5.69 Å². The predicted octanol–water partition coefficient (Wildman–Crippen LogP) is 4.91. The standard InChI is InChI=1S/C15H16Cl2N2OS/c1-2-4-12(13-5-3-6-21-13)19-15(20)9-7-10(16)14(17)11(18)8-9/h3,5-8,12H,2,4,18H2,1H3,(H,19,20). The Morgan fingerprint density at radius 2 is 2.19 bits per heavy atom. The first-order chi connectivity index (χ1) is 10.0. The lowest BCUT2D eigenvalue weighted by molar-refractivity contribution is 0.0935. The molecule has 1 aromatic carbocycles. The number of nitrogens with one attached hydrogen (secondary N) is 1. The summed E-state index contributed by atoms with van der Waals surface area (Å²) in [6.07, 6.45) is 1.86. The SMILES string of the molecule is CCCC(NC(=O)c1cc(N)c(Cl)c(Cl)c1)c1cccs1. The molecule has 1 amide bonds. The maximum atomic E-state index is 12.4. The average Bonchev–Trinajstić information content (AvgIpc) is 2.97. The van der Waals surface area contributed by atoms with Crippen molar-refractivity contribution < 1.29 is 4.79 Å². The van der Waals surface area contributed by atoms with Crippen LogP contribution in [0.5, 0.6) is 0 Å². The van der Waals surface area contributed by atoms with Crippen LogP contribution in [0.25, 0.3) is 0 Å². The van der Waals surface area contributed by atoms with Gasteiger partial charge in [0.15, 0.2) is 0 Å². The molecule has 0 fully saturated rings. The van der Waals surface area contributed by atoms with Crippen LogP contribution in [-0.2, 0) is 0 Å². The second kappa shape index (κ2) is 7.16. The van der Waals surface area contributed by atoms with Crippen LogP contribution in [0.3, 0.4) is 0 Å². The number of anilines is 1. The van der Waals surface area contributed by atoms with Crippen molar-refractivity contribution in [2.45, 2.75) is 25.8 Å². The lowest BCUT2D eigenvalue weighted by atomic mass is 10.1. The zero-order valence-electron chi connectivity index (χ0n) is 11.5. The normalized spacial score (nSPS) is 12.1. The van der Waals surface area contributed by atoms with Crippen LogP contribution < -0.4 is 11.1 Å². The third-order valence-electron chi connectivity index (χ3n) is 3.09. The topological polar surface area (TPSA) is 55.1 Å². The number of rotatable bonds is 5. The molecular formula is C15H16Cl2N2OS. The van der Waals surface area contributed by atoms with Crippen LogP contribution in [0.2, 0.25) is 10.0 Å². The molecule has 0 saturated heterocycles. The van der Waals surface area contributed by atoms with Gasteiger partial charge in [-0.3, -0.25) is 4.79 Å². The van der Waals surface area contributed by atoms with Gasteiger partial charge in [0.25, 0.3) is 5.91 Å². The summed E-state index contributed by atoms with van der Waals surface area (Å²) < 4.78 is 0. The van der Waals surface area contributed by atoms with Crippen molar-refractivity contribution in [1.82, 2.24) is 5.32 Å². The highest BCUT2D eigenvalue weighted by atomic mass is 35.5. The Labute approximate surface area is 138 Å². The van der Waals surface area contributed by atoms with Crippen molar-refractivity contribution in [1.29, 1.82) is 0 Å². The maximum Gasteiger partial charge on any atom is 0.251 e. The number of halogens is 2. The zero-order valence-corrected chi connectivity index (χ0v) is 13.9. The van der Waals surface area contributed by atoms with Crippen molar-refractivity contribution in [3.05, 3.63) is 50.1 Å². The van der Waals surface area contributed by atoms with Crippen LogP contribution in [0, 0.1) is 0 Å². The molecule has 1 atom stereocenters. The molecule has 0 bridgehead atoms. The highest BCUT2D eigenvalue weighted by Gasteiger charge is 2.17. The third-order valence-corrected chi connectivity index (χ3v) is 4.89. The van der Waals surface area contributed by atoms with Crippen molar-refractivity contribution in [3.8, 4) is 0 Å². The first kappa shape index (κ1) is 16.1. The summed E-state index contributed by atoms with van der Waals surface area (Å²) >= 11 is 13.5. The molecule has 112 valence electrons. The van der Waals surface area contributed by atoms with Crippen molar-refractivity contribution in [3.63, 3.8) is 0 Å². The van der Waals surface area contributed by atoms with E-state index in [1.165, 1.54) is 6.07 Å². The van der Waals surface area contributed by atoms with Gasteiger partial charge in [0.2, 0.25) is 0 Å². The molecule has 6 heteroatoms. The molecule has 1 heterocycles. The molecule has 1 unspecified atom stereocenters. The molecule has 0 radical (unpaired) electrons. The van der Waals surface area contributed by atoms with Gasteiger partial charge in [0.1, 0.15) is 0 Å². The van der Waals surface area contributed by atoms with Crippen LogP contribution in [0.1, 0.15) is 41.0 Å². The Balaban J connectivity index is 2.19. The average molecular weight is 343 g/mol. The van der Waals surface area contributed by atoms with Crippen LogP contribution in [-0.4, -0.2) is 5.91 Å². The fourth-order valence-corrected chi connectivity index (χ4v) is 3.19. The summed E-state index contributed by atoms with van der Waals surface area (Å²) in [5.41, 5.74) is 6.47. The number of carbonyl (C=O) groups excluding carboxylic acids is 1. The summed E-state index contributed by atoms with van der Waals surface area (Å²) in [6, 6.07) is 7.08. The Kier molecular flexibility index (Phi) is 5.51. The molecule has 3 nitrogen and oxygen atoms in total. The summed E-state index contributed by atoms with van der Waals surface area (Å²) in [5.74, 6) is -0.202. The van der Waals surface area contributed by atoms with E-state index in [2.05, 4.69) is 12.2 Å². The van der Waals surface area contributed by atoms with Gasteiger partial charge in [0.05, 0.1) is 21.8 Å². The quantitative estimate of drug-likeness (QED) is 0.758. The molecule has 2 aromatic rings. The lowest BCUT2D eigenvalue weighted by Crippen LogP contribution is -2.28. The largest absolute Gasteiger partial charge is 0.397 e. The van der Waals surface area contributed by atoms with Gasteiger partial charge in [-0.1, -0.05) is 42.6 Å². The second-order valence-electron chi connectivity index (χ2n) is 4.69. The van der Waals surface area contributed by atoms with E-state index in [0.717, 1.165) is 17.7 Å². The molecule has 0 spiro atoms. The third kappa shape index (κ3) is 3.90. The number of hydrogen-bond donors (Lipinski definition) is 2. The van der Waals surface area contributed by atoms with Crippen LogP contribution >= 0.6 is 34.5 Å². The highest BCUT2D eigenvalue weighted by molar-refractivity contribution is 7.10. The maximum absolute atomic E-state index is 12.4. The van der Waals surface area contributed by atoms with Gasteiger partial charge in [-0.2, -0.15) is 0 Å². The van der Waals surface area contributed by atoms with Gasteiger partial charge in [-0.05, 0) is 30.0 Å². The number of thiophene rings is 1. The number of carbonyl (C=O) groups is 1. The van der Waals surface area contributed by atoms with E-state index in [1.807, 2.05) is 17.5 Å². The smallest absolute Gasteiger partial charge is 0.251 e. The first-order valence-corrected chi connectivity index (χ1v) is 8.25. The van der Waals surface area contributed by atoms with E-state index < -0.39 is 0 Å².